The summed E-state index contributed by atoms with van der Waals surface area (Å²) in [7, 11) is 2.20. The SMILES string of the molecule is CN1CCC(CCNc2ncnc3ccc(N)cc23)CC1. The molecule has 1 aromatic heterocycles. The van der Waals surface area contributed by atoms with E-state index < -0.39 is 0 Å². The van der Waals surface area contributed by atoms with Gasteiger partial charge in [0.25, 0.3) is 0 Å². The number of hydrogen-bond donors (Lipinski definition) is 2. The lowest BCUT2D eigenvalue weighted by Crippen LogP contribution is -2.30. The average molecular weight is 285 g/mol. The van der Waals surface area contributed by atoms with Crippen LogP contribution in [-0.2, 0) is 0 Å². The number of nitrogens with one attached hydrogen (secondary N) is 1. The van der Waals surface area contributed by atoms with E-state index in [0.717, 1.165) is 34.9 Å². The van der Waals surface area contributed by atoms with Gasteiger partial charge in [-0.1, -0.05) is 0 Å². The first-order valence-electron chi connectivity index (χ1n) is 7.65. The van der Waals surface area contributed by atoms with Gasteiger partial charge in [-0.2, -0.15) is 0 Å². The number of nitrogens with two attached hydrogens (primary N) is 1. The van der Waals surface area contributed by atoms with E-state index in [2.05, 4.69) is 27.2 Å². The van der Waals surface area contributed by atoms with E-state index in [1.807, 2.05) is 18.2 Å². The fourth-order valence-corrected chi connectivity index (χ4v) is 2.96. The first kappa shape index (κ1) is 14.1. The molecule has 0 radical (unpaired) electrons. The normalized spacial score (nSPS) is 17.2. The highest BCUT2D eigenvalue weighted by atomic mass is 15.1. The molecular formula is C16H23N5. The summed E-state index contributed by atoms with van der Waals surface area (Å²) < 4.78 is 0. The molecule has 0 atom stereocenters. The van der Waals surface area contributed by atoms with E-state index >= 15 is 0 Å². The molecule has 5 heteroatoms. The van der Waals surface area contributed by atoms with Crippen molar-refractivity contribution in [1.29, 1.82) is 0 Å². The van der Waals surface area contributed by atoms with Gasteiger partial charge in [-0.3, -0.25) is 0 Å². The summed E-state index contributed by atoms with van der Waals surface area (Å²) in [5.74, 6) is 1.71. The minimum absolute atomic E-state index is 0.746. The van der Waals surface area contributed by atoms with Crippen LogP contribution in [-0.4, -0.2) is 41.5 Å². The van der Waals surface area contributed by atoms with Gasteiger partial charge in [0.05, 0.1) is 5.52 Å². The zero-order chi connectivity index (χ0) is 14.7. The summed E-state index contributed by atoms with van der Waals surface area (Å²) in [5.41, 5.74) is 7.54. The standard InChI is InChI=1S/C16H23N5/c1-21-8-5-12(6-9-21)4-7-18-16-14-10-13(17)2-3-15(14)19-11-20-16/h2-3,10-12H,4-9,17H2,1H3,(H,18,19,20). The molecule has 1 fully saturated rings. The van der Waals surface area contributed by atoms with Crippen LogP contribution < -0.4 is 11.1 Å². The van der Waals surface area contributed by atoms with E-state index in [0.29, 0.717) is 0 Å². The Labute approximate surface area is 125 Å². The largest absolute Gasteiger partial charge is 0.399 e. The van der Waals surface area contributed by atoms with Gasteiger partial charge in [-0.25, -0.2) is 9.97 Å². The number of hydrogen-bond acceptors (Lipinski definition) is 5. The lowest BCUT2D eigenvalue weighted by molar-refractivity contribution is 0.215. The number of benzene rings is 1. The van der Waals surface area contributed by atoms with E-state index in [4.69, 9.17) is 5.73 Å². The number of nitrogen functional groups attached to an aromatic ring is 1. The summed E-state index contributed by atoms with van der Waals surface area (Å²) in [6, 6.07) is 5.75. The molecule has 0 unspecified atom stereocenters. The van der Waals surface area contributed by atoms with Crippen molar-refractivity contribution in [2.24, 2.45) is 5.92 Å². The van der Waals surface area contributed by atoms with Crippen molar-refractivity contribution in [3.8, 4) is 0 Å². The van der Waals surface area contributed by atoms with E-state index in [1.54, 1.807) is 6.33 Å². The minimum Gasteiger partial charge on any atom is -0.399 e. The van der Waals surface area contributed by atoms with E-state index in [1.165, 1.54) is 32.4 Å². The Morgan fingerprint density at radius 2 is 2.10 bits per heavy atom. The molecule has 2 heterocycles. The zero-order valence-corrected chi connectivity index (χ0v) is 12.5. The van der Waals surface area contributed by atoms with Crippen molar-refractivity contribution in [2.45, 2.75) is 19.3 Å². The molecule has 0 amide bonds. The summed E-state index contributed by atoms with van der Waals surface area (Å²) in [5, 5.41) is 4.45. The third-order valence-electron chi connectivity index (χ3n) is 4.34. The van der Waals surface area contributed by atoms with E-state index in [9.17, 15) is 0 Å². The molecule has 112 valence electrons. The second kappa shape index (κ2) is 6.26. The van der Waals surface area contributed by atoms with Crippen molar-refractivity contribution >= 4 is 22.4 Å². The number of anilines is 2. The van der Waals surface area contributed by atoms with Gasteiger partial charge in [0.15, 0.2) is 0 Å². The van der Waals surface area contributed by atoms with Crippen LogP contribution in [0.15, 0.2) is 24.5 Å². The molecule has 5 nitrogen and oxygen atoms in total. The van der Waals surface area contributed by atoms with Crippen molar-refractivity contribution in [2.75, 3.05) is 37.7 Å². The second-order valence-corrected chi connectivity index (χ2v) is 5.96. The first-order chi connectivity index (χ1) is 10.2. The Morgan fingerprint density at radius 3 is 2.90 bits per heavy atom. The van der Waals surface area contributed by atoms with Crippen LogP contribution in [0.2, 0.25) is 0 Å². The smallest absolute Gasteiger partial charge is 0.137 e. The van der Waals surface area contributed by atoms with Crippen molar-refractivity contribution in [3.63, 3.8) is 0 Å². The minimum atomic E-state index is 0.746. The molecule has 3 N–H and O–H groups in total. The van der Waals surface area contributed by atoms with Crippen LogP contribution in [0.1, 0.15) is 19.3 Å². The topological polar surface area (TPSA) is 67.1 Å². The zero-order valence-electron chi connectivity index (χ0n) is 12.5. The Kier molecular flexibility index (Phi) is 4.20. The fourth-order valence-electron chi connectivity index (χ4n) is 2.96. The number of aromatic nitrogens is 2. The average Bonchev–Trinajstić information content (AvgIpc) is 2.50. The van der Waals surface area contributed by atoms with Crippen LogP contribution in [0.3, 0.4) is 0 Å². The maximum Gasteiger partial charge on any atom is 0.137 e. The Hall–Kier alpha value is -1.88. The molecule has 1 saturated heterocycles. The highest BCUT2D eigenvalue weighted by molar-refractivity contribution is 5.91. The van der Waals surface area contributed by atoms with Gasteiger partial charge in [0.2, 0.25) is 0 Å². The van der Waals surface area contributed by atoms with Gasteiger partial charge in [0, 0.05) is 17.6 Å². The van der Waals surface area contributed by atoms with Crippen LogP contribution in [0.5, 0.6) is 0 Å². The molecule has 2 aromatic rings. The Morgan fingerprint density at radius 1 is 1.29 bits per heavy atom. The Balaban J connectivity index is 1.61. The lowest BCUT2D eigenvalue weighted by atomic mass is 9.94. The van der Waals surface area contributed by atoms with Crippen molar-refractivity contribution in [3.05, 3.63) is 24.5 Å². The quantitative estimate of drug-likeness (QED) is 0.844. The summed E-state index contributed by atoms with van der Waals surface area (Å²) in [6.07, 6.45) is 5.41. The number of nitrogens with zero attached hydrogens (tertiary/aromatic N) is 3. The summed E-state index contributed by atoms with van der Waals surface area (Å²) >= 11 is 0. The molecular weight excluding hydrogens is 262 g/mol. The molecule has 3 rings (SSSR count). The van der Waals surface area contributed by atoms with Gasteiger partial charge in [0.1, 0.15) is 12.1 Å². The maximum absolute atomic E-state index is 5.86. The van der Waals surface area contributed by atoms with Crippen LogP contribution in [0, 0.1) is 5.92 Å². The maximum atomic E-state index is 5.86. The molecule has 1 aliphatic heterocycles. The van der Waals surface area contributed by atoms with Crippen LogP contribution in [0.4, 0.5) is 11.5 Å². The molecule has 1 aliphatic rings. The van der Waals surface area contributed by atoms with Crippen LogP contribution in [0.25, 0.3) is 10.9 Å². The highest BCUT2D eigenvalue weighted by Gasteiger charge is 2.16. The first-order valence-corrected chi connectivity index (χ1v) is 7.65. The molecule has 0 saturated carbocycles. The van der Waals surface area contributed by atoms with Gasteiger partial charge in [-0.05, 0) is 63.5 Å². The summed E-state index contributed by atoms with van der Waals surface area (Å²) in [4.78, 5) is 11.0. The predicted molar refractivity (Wildman–Crippen MR) is 87.3 cm³/mol. The third-order valence-corrected chi connectivity index (χ3v) is 4.34. The molecule has 0 spiro atoms. The molecule has 1 aromatic carbocycles. The fraction of sp³-hybridized carbons (Fsp3) is 0.500. The monoisotopic (exact) mass is 285 g/mol. The Bertz CT molecular complexity index is 605. The number of fused-ring (bicyclic) bond motifs is 1. The van der Waals surface area contributed by atoms with Gasteiger partial charge >= 0.3 is 0 Å². The molecule has 21 heavy (non-hydrogen) atoms. The van der Waals surface area contributed by atoms with Gasteiger partial charge in [-0.15, -0.1) is 0 Å². The number of rotatable bonds is 4. The summed E-state index contributed by atoms with van der Waals surface area (Å²) in [6.45, 7) is 3.39. The van der Waals surface area contributed by atoms with E-state index in [-0.39, 0.29) is 0 Å². The highest BCUT2D eigenvalue weighted by Crippen LogP contribution is 2.23. The van der Waals surface area contributed by atoms with Crippen LogP contribution >= 0.6 is 0 Å². The third kappa shape index (κ3) is 3.42. The number of likely N-dealkylation sites (tertiary alicyclic amines) is 1. The lowest BCUT2D eigenvalue weighted by Gasteiger charge is -2.28. The van der Waals surface area contributed by atoms with Crippen molar-refractivity contribution < 1.29 is 0 Å². The molecule has 0 bridgehead atoms. The predicted octanol–water partition coefficient (Wildman–Crippen LogP) is 2.36. The number of piperidine rings is 1. The van der Waals surface area contributed by atoms with Crippen molar-refractivity contribution in [1.82, 2.24) is 14.9 Å². The molecule has 0 aliphatic carbocycles. The van der Waals surface area contributed by atoms with Gasteiger partial charge < -0.3 is 16.0 Å². The second-order valence-electron chi connectivity index (χ2n) is 5.96.